The van der Waals surface area contributed by atoms with Gasteiger partial charge in [0, 0.05) is 30.5 Å². The van der Waals surface area contributed by atoms with Crippen LogP contribution in [0.15, 0.2) is 43.0 Å². The van der Waals surface area contributed by atoms with E-state index in [1.807, 2.05) is 29.1 Å². The molecule has 5 heteroatoms. The van der Waals surface area contributed by atoms with Crippen LogP contribution < -0.4 is 5.73 Å². The largest absolute Gasteiger partial charge is 0.326 e. The molecule has 0 radical (unpaired) electrons. The Morgan fingerprint density at radius 1 is 1.11 bits per heavy atom. The number of nitrogens with zero attached hydrogens (tertiary/aromatic N) is 4. The minimum atomic E-state index is 0.498. The van der Waals surface area contributed by atoms with Gasteiger partial charge >= 0.3 is 0 Å². The Balaban J connectivity index is 1.98. The highest BCUT2D eigenvalue weighted by Crippen LogP contribution is 2.14. The Hall–Kier alpha value is -2.27. The maximum absolute atomic E-state index is 5.60. The summed E-state index contributed by atoms with van der Waals surface area (Å²) in [4.78, 5) is 8.41. The molecule has 18 heavy (non-hydrogen) atoms. The molecule has 0 aliphatic carbocycles. The predicted octanol–water partition coefficient (Wildman–Crippen LogP) is 1.33. The van der Waals surface area contributed by atoms with Crippen LogP contribution in [0.2, 0.25) is 0 Å². The van der Waals surface area contributed by atoms with E-state index in [4.69, 9.17) is 5.73 Å². The van der Waals surface area contributed by atoms with Gasteiger partial charge in [0.15, 0.2) is 5.65 Å². The third-order valence-corrected chi connectivity index (χ3v) is 2.85. The topological polar surface area (TPSA) is 69.6 Å². The van der Waals surface area contributed by atoms with E-state index in [-0.39, 0.29) is 0 Å². The van der Waals surface area contributed by atoms with Crippen molar-refractivity contribution in [3.05, 3.63) is 54.1 Å². The molecule has 0 unspecified atom stereocenters. The first-order valence-electron chi connectivity index (χ1n) is 5.76. The zero-order valence-corrected chi connectivity index (χ0v) is 9.82. The van der Waals surface area contributed by atoms with E-state index in [0.29, 0.717) is 13.1 Å². The quantitative estimate of drug-likeness (QED) is 0.748. The van der Waals surface area contributed by atoms with Crippen molar-refractivity contribution in [3.8, 4) is 0 Å². The van der Waals surface area contributed by atoms with Gasteiger partial charge in [0.25, 0.3) is 0 Å². The first-order valence-corrected chi connectivity index (χ1v) is 5.76. The highest BCUT2D eigenvalue weighted by Gasteiger charge is 2.05. The van der Waals surface area contributed by atoms with Gasteiger partial charge in [-0.25, -0.2) is 9.67 Å². The zero-order valence-electron chi connectivity index (χ0n) is 9.82. The summed E-state index contributed by atoms with van der Waals surface area (Å²) in [6.45, 7) is 1.19. The maximum Gasteiger partial charge on any atom is 0.158 e. The SMILES string of the molecule is NCc1cnc2c(cnn2Cc2ccncc2)c1. The molecule has 3 heterocycles. The van der Waals surface area contributed by atoms with E-state index in [9.17, 15) is 0 Å². The highest BCUT2D eigenvalue weighted by atomic mass is 15.3. The van der Waals surface area contributed by atoms with Gasteiger partial charge in [-0.2, -0.15) is 5.10 Å². The van der Waals surface area contributed by atoms with E-state index in [2.05, 4.69) is 15.1 Å². The van der Waals surface area contributed by atoms with E-state index < -0.39 is 0 Å². The summed E-state index contributed by atoms with van der Waals surface area (Å²) >= 11 is 0. The molecule has 0 amide bonds. The Bertz CT molecular complexity index is 659. The lowest BCUT2D eigenvalue weighted by Crippen LogP contribution is -2.03. The molecule has 0 atom stereocenters. The van der Waals surface area contributed by atoms with Gasteiger partial charge in [-0.05, 0) is 29.3 Å². The predicted molar refractivity (Wildman–Crippen MR) is 68.8 cm³/mol. The molecule has 0 aliphatic rings. The van der Waals surface area contributed by atoms with Crippen molar-refractivity contribution in [3.63, 3.8) is 0 Å². The van der Waals surface area contributed by atoms with Crippen LogP contribution in [0.4, 0.5) is 0 Å². The monoisotopic (exact) mass is 239 g/mol. The van der Waals surface area contributed by atoms with Crippen molar-refractivity contribution >= 4 is 11.0 Å². The first-order chi connectivity index (χ1) is 8.86. The normalized spacial score (nSPS) is 10.9. The van der Waals surface area contributed by atoms with Crippen LogP contribution in [0.5, 0.6) is 0 Å². The second kappa shape index (κ2) is 4.54. The standard InChI is InChI=1S/C13H13N5/c14-6-11-5-12-8-17-18(13(12)16-7-11)9-10-1-3-15-4-2-10/h1-5,7-8H,6,9,14H2. The molecule has 90 valence electrons. The number of pyridine rings is 2. The first kappa shape index (κ1) is 10.9. The molecule has 3 aromatic rings. The molecule has 0 aromatic carbocycles. The second-order valence-corrected chi connectivity index (χ2v) is 4.12. The number of aromatic nitrogens is 4. The summed E-state index contributed by atoms with van der Waals surface area (Å²) in [6.07, 6.45) is 7.18. The van der Waals surface area contributed by atoms with Crippen molar-refractivity contribution in [2.45, 2.75) is 13.1 Å². The number of hydrogen-bond donors (Lipinski definition) is 1. The van der Waals surface area contributed by atoms with Gasteiger partial charge in [-0.15, -0.1) is 0 Å². The molecule has 0 fully saturated rings. The van der Waals surface area contributed by atoms with Crippen molar-refractivity contribution in [1.82, 2.24) is 19.7 Å². The van der Waals surface area contributed by atoms with Crippen molar-refractivity contribution in [2.24, 2.45) is 5.73 Å². The van der Waals surface area contributed by atoms with Crippen LogP contribution in [-0.2, 0) is 13.1 Å². The van der Waals surface area contributed by atoms with Crippen LogP contribution in [0, 0.1) is 0 Å². The van der Waals surface area contributed by atoms with Crippen molar-refractivity contribution in [2.75, 3.05) is 0 Å². The Morgan fingerprint density at radius 2 is 1.94 bits per heavy atom. The average Bonchev–Trinajstić information content (AvgIpc) is 2.82. The van der Waals surface area contributed by atoms with Crippen molar-refractivity contribution < 1.29 is 0 Å². The van der Waals surface area contributed by atoms with E-state index in [1.54, 1.807) is 18.6 Å². The molecule has 0 saturated heterocycles. The number of hydrogen-bond acceptors (Lipinski definition) is 4. The van der Waals surface area contributed by atoms with Gasteiger partial charge in [0.1, 0.15) is 0 Å². The molecule has 5 nitrogen and oxygen atoms in total. The average molecular weight is 239 g/mol. The Morgan fingerprint density at radius 3 is 2.72 bits per heavy atom. The lowest BCUT2D eigenvalue weighted by molar-refractivity contribution is 0.703. The lowest BCUT2D eigenvalue weighted by atomic mass is 10.2. The molecule has 3 aromatic heterocycles. The fraction of sp³-hybridized carbons (Fsp3) is 0.154. The molecule has 0 spiro atoms. The van der Waals surface area contributed by atoms with Crippen LogP contribution >= 0.6 is 0 Å². The number of rotatable bonds is 3. The molecule has 0 saturated carbocycles. The molecular weight excluding hydrogens is 226 g/mol. The Kier molecular flexibility index (Phi) is 2.74. The molecular formula is C13H13N5. The summed E-state index contributed by atoms with van der Waals surface area (Å²) in [5.74, 6) is 0. The van der Waals surface area contributed by atoms with Gasteiger partial charge in [-0.3, -0.25) is 4.98 Å². The summed E-state index contributed by atoms with van der Waals surface area (Å²) in [5, 5.41) is 5.38. The van der Waals surface area contributed by atoms with Crippen LogP contribution in [0.1, 0.15) is 11.1 Å². The molecule has 0 bridgehead atoms. The van der Waals surface area contributed by atoms with Crippen LogP contribution in [0.3, 0.4) is 0 Å². The van der Waals surface area contributed by atoms with Gasteiger partial charge in [0.2, 0.25) is 0 Å². The third-order valence-electron chi connectivity index (χ3n) is 2.85. The fourth-order valence-electron chi connectivity index (χ4n) is 1.91. The zero-order chi connectivity index (χ0) is 12.4. The lowest BCUT2D eigenvalue weighted by Gasteiger charge is -2.03. The maximum atomic E-state index is 5.60. The molecule has 2 N–H and O–H groups in total. The number of fused-ring (bicyclic) bond motifs is 1. The molecule has 0 aliphatic heterocycles. The third kappa shape index (κ3) is 1.96. The minimum absolute atomic E-state index is 0.498. The van der Waals surface area contributed by atoms with Crippen LogP contribution in [-0.4, -0.2) is 19.7 Å². The summed E-state index contributed by atoms with van der Waals surface area (Å²) in [6, 6.07) is 5.97. The van der Waals surface area contributed by atoms with E-state index in [1.165, 1.54) is 0 Å². The summed E-state index contributed by atoms with van der Waals surface area (Å²) < 4.78 is 1.88. The second-order valence-electron chi connectivity index (χ2n) is 4.12. The van der Waals surface area contributed by atoms with Crippen LogP contribution in [0.25, 0.3) is 11.0 Å². The van der Waals surface area contributed by atoms with E-state index >= 15 is 0 Å². The smallest absolute Gasteiger partial charge is 0.158 e. The Labute approximate surface area is 104 Å². The van der Waals surface area contributed by atoms with Gasteiger partial charge in [-0.1, -0.05) is 0 Å². The summed E-state index contributed by atoms with van der Waals surface area (Å²) in [5.41, 5.74) is 8.65. The van der Waals surface area contributed by atoms with Crippen molar-refractivity contribution in [1.29, 1.82) is 0 Å². The number of nitrogens with two attached hydrogens (primary N) is 1. The molecule has 3 rings (SSSR count). The highest BCUT2D eigenvalue weighted by molar-refractivity contribution is 5.75. The summed E-state index contributed by atoms with van der Waals surface area (Å²) in [7, 11) is 0. The van der Waals surface area contributed by atoms with E-state index in [0.717, 1.165) is 22.2 Å². The van der Waals surface area contributed by atoms with Gasteiger partial charge < -0.3 is 5.73 Å². The fourth-order valence-corrected chi connectivity index (χ4v) is 1.91. The van der Waals surface area contributed by atoms with Gasteiger partial charge in [0.05, 0.1) is 12.7 Å². The minimum Gasteiger partial charge on any atom is -0.326 e.